The molecule has 5 nitrogen and oxygen atoms in total. The molecule has 0 radical (unpaired) electrons. The fraction of sp³-hybridized carbons (Fsp3) is 1.00. The second-order valence-electron chi connectivity index (χ2n) is 5.06. The predicted molar refractivity (Wildman–Crippen MR) is 44.9 cm³/mol. The van der Waals surface area contributed by atoms with Crippen molar-refractivity contribution in [1.29, 1.82) is 0 Å². The number of likely N-dealkylation sites (tertiary alicyclic amines) is 1. The third kappa shape index (κ3) is 6.29. The van der Waals surface area contributed by atoms with Crippen LogP contribution in [0.15, 0.2) is 0 Å². The van der Waals surface area contributed by atoms with Crippen molar-refractivity contribution in [2.24, 2.45) is 0 Å². The molecule has 0 N–H and O–H groups in total. The van der Waals surface area contributed by atoms with Crippen LogP contribution in [-0.2, 0) is 0 Å². The van der Waals surface area contributed by atoms with E-state index < -0.39 is 10.2 Å². The Morgan fingerprint density at radius 1 is 1.00 bits per heavy atom. The van der Waals surface area contributed by atoms with Crippen molar-refractivity contribution in [1.82, 2.24) is 0 Å². The SMILES string of the molecule is CC1(C)CCCC[N+]1(C)C.[O-][Cl+3]([O-])([O-])[O-]. The van der Waals surface area contributed by atoms with E-state index in [4.69, 9.17) is 18.6 Å². The number of hydrogen-bond acceptors (Lipinski definition) is 4. The summed E-state index contributed by atoms with van der Waals surface area (Å²) in [6.07, 6.45) is 4.23. The van der Waals surface area contributed by atoms with Gasteiger partial charge in [-0.05, 0) is 26.7 Å². The van der Waals surface area contributed by atoms with Gasteiger partial charge >= 0.3 is 0 Å². The molecule has 0 unspecified atom stereocenters. The highest BCUT2D eigenvalue weighted by molar-refractivity contribution is 4.72. The average molecular weight is 242 g/mol. The normalized spacial score (nSPS) is 24.0. The molecule has 0 aliphatic carbocycles. The molecule has 1 rings (SSSR count). The van der Waals surface area contributed by atoms with Gasteiger partial charge in [-0.25, -0.2) is 18.6 Å². The number of halogens is 1. The van der Waals surface area contributed by atoms with Gasteiger partial charge in [-0.1, -0.05) is 0 Å². The van der Waals surface area contributed by atoms with Gasteiger partial charge in [-0.2, -0.15) is 0 Å². The maximum atomic E-state index is 8.49. The minimum absolute atomic E-state index is 0.512. The monoisotopic (exact) mass is 241 g/mol. The summed E-state index contributed by atoms with van der Waals surface area (Å²) in [4.78, 5) is 0. The van der Waals surface area contributed by atoms with E-state index in [1.165, 1.54) is 30.3 Å². The van der Waals surface area contributed by atoms with Crippen LogP contribution in [-0.4, -0.2) is 30.7 Å². The summed E-state index contributed by atoms with van der Waals surface area (Å²) in [5.41, 5.74) is 0.512. The van der Waals surface area contributed by atoms with Crippen LogP contribution in [0.4, 0.5) is 0 Å². The highest BCUT2D eigenvalue weighted by Crippen LogP contribution is 2.30. The van der Waals surface area contributed by atoms with Crippen molar-refractivity contribution < 1.29 is 33.4 Å². The van der Waals surface area contributed by atoms with Crippen LogP contribution in [0.2, 0.25) is 0 Å². The zero-order chi connectivity index (χ0) is 12.3. The molecule has 0 atom stereocenters. The summed E-state index contributed by atoms with van der Waals surface area (Å²) in [7, 11) is -0.252. The van der Waals surface area contributed by atoms with E-state index in [0.717, 1.165) is 0 Å². The first kappa shape index (κ1) is 15.1. The summed E-state index contributed by atoms with van der Waals surface area (Å²) in [6.45, 7) is 6.12. The quantitative estimate of drug-likeness (QED) is 0.431. The largest absolute Gasteiger partial charge is 0.324 e. The fourth-order valence-electron chi connectivity index (χ4n) is 1.67. The molecule has 0 saturated carbocycles. The Kier molecular flexibility index (Phi) is 4.98. The van der Waals surface area contributed by atoms with Gasteiger partial charge in [-0.15, -0.1) is 10.2 Å². The Morgan fingerprint density at radius 3 is 1.60 bits per heavy atom. The van der Waals surface area contributed by atoms with Crippen molar-refractivity contribution in [3.05, 3.63) is 0 Å². The van der Waals surface area contributed by atoms with E-state index in [-0.39, 0.29) is 0 Å². The molecule has 1 saturated heterocycles. The highest BCUT2D eigenvalue weighted by atomic mass is 35.7. The van der Waals surface area contributed by atoms with Gasteiger partial charge in [0.1, 0.15) is 0 Å². The van der Waals surface area contributed by atoms with Gasteiger partial charge in [0.2, 0.25) is 0 Å². The first-order valence-corrected chi connectivity index (χ1v) is 6.14. The Balaban J connectivity index is 0.000000336. The van der Waals surface area contributed by atoms with Crippen LogP contribution in [0.5, 0.6) is 0 Å². The van der Waals surface area contributed by atoms with Gasteiger partial charge in [0.05, 0.1) is 26.2 Å². The summed E-state index contributed by atoms with van der Waals surface area (Å²) < 4.78 is 35.2. The second kappa shape index (κ2) is 4.95. The van der Waals surface area contributed by atoms with Crippen LogP contribution in [0.1, 0.15) is 33.1 Å². The van der Waals surface area contributed by atoms with E-state index in [0.29, 0.717) is 5.54 Å². The van der Waals surface area contributed by atoms with E-state index in [1.807, 2.05) is 0 Å². The minimum atomic E-state index is -4.94. The smallest absolute Gasteiger partial charge is 0.0931 e. The Labute approximate surface area is 93.3 Å². The van der Waals surface area contributed by atoms with Gasteiger partial charge in [0.15, 0.2) is 0 Å². The zero-order valence-corrected chi connectivity index (χ0v) is 10.5. The zero-order valence-electron chi connectivity index (χ0n) is 9.79. The molecule has 1 heterocycles. The maximum Gasteiger partial charge on any atom is 0.0931 e. The van der Waals surface area contributed by atoms with Crippen molar-refractivity contribution in [3.63, 3.8) is 0 Å². The second-order valence-corrected chi connectivity index (χ2v) is 5.81. The molecule has 1 aliphatic rings. The number of nitrogens with zero attached hydrogens (tertiary/aromatic N) is 1. The Hall–Kier alpha value is 0.0900. The van der Waals surface area contributed by atoms with E-state index in [2.05, 4.69) is 27.9 Å². The van der Waals surface area contributed by atoms with Crippen LogP contribution in [0.25, 0.3) is 0 Å². The molecule has 1 fully saturated rings. The molecular weight excluding hydrogens is 222 g/mol. The molecule has 92 valence electrons. The number of piperidine rings is 1. The summed E-state index contributed by atoms with van der Waals surface area (Å²) >= 11 is 0. The summed E-state index contributed by atoms with van der Waals surface area (Å²) in [5.74, 6) is 0. The van der Waals surface area contributed by atoms with Crippen LogP contribution in [0.3, 0.4) is 0 Å². The van der Waals surface area contributed by atoms with Crippen LogP contribution in [0, 0.1) is 10.2 Å². The van der Waals surface area contributed by atoms with Crippen LogP contribution >= 0.6 is 0 Å². The fourth-order valence-corrected chi connectivity index (χ4v) is 1.67. The third-order valence-corrected chi connectivity index (χ3v) is 3.39. The third-order valence-electron chi connectivity index (χ3n) is 3.39. The molecule has 1 aliphatic heterocycles. The first-order valence-electron chi connectivity index (χ1n) is 4.91. The topological polar surface area (TPSA) is 92.2 Å². The lowest BCUT2D eigenvalue weighted by molar-refractivity contribution is -2.00. The number of hydrogen-bond donors (Lipinski definition) is 0. The lowest BCUT2D eigenvalue weighted by Crippen LogP contribution is -2.68. The molecule has 15 heavy (non-hydrogen) atoms. The van der Waals surface area contributed by atoms with Crippen molar-refractivity contribution >= 4 is 0 Å². The highest BCUT2D eigenvalue weighted by Gasteiger charge is 2.38. The number of rotatable bonds is 0. The summed E-state index contributed by atoms with van der Waals surface area (Å²) in [5, 5.41) is 0. The van der Waals surface area contributed by atoms with E-state index in [9.17, 15) is 0 Å². The van der Waals surface area contributed by atoms with E-state index in [1.54, 1.807) is 0 Å². The van der Waals surface area contributed by atoms with E-state index >= 15 is 0 Å². The van der Waals surface area contributed by atoms with Crippen molar-refractivity contribution in [3.8, 4) is 0 Å². The van der Waals surface area contributed by atoms with Gasteiger partial charge in [-0.3, -0.25) is 0 Å². The molecule has 0 spiro atoms. The molecule has 0 aromatic heterocycles. The van der Waals surface area contributed by atoms with Crippen LogP contribution < -0.4 is 18.6 Å². The molecular formula is C9H20ClNO4. The lowest BCUT2D eigenvalue weighted by atomic mass is 9.89. The van der Waals surface area contributed by atoms with Crippen molar-refractivity contribution in [2.45, 2.75) is 38.6 Å². The first-order chi connectivity index (χ1) is 6.46. The standard InChI is InChI=1S/C9H20N.ClHO4/c1-9(2)7-5-6-8-10(9,3)4;2-1(3,4)5/h5-8H2,1-4H3;(H,2,3,4,5)/q+1;/p-1. The van der Waals surface area contributed by atoms with Crippen molar-refractivity contribution in [2.75, 3.05) is 20.6 Å². The average Bonchev–Trinajstić information content (AvgIpc) is 1.92. The Morgan fingerprint density at radius 2 is 1.40 bits per heavy atom. The van der Waals surface area contributed by atoms with Gasteiger partial charge < -0.3 is 4.48 Å². The summed E-state index contributed by atoms with van der Waals surface area (Å²) in [6, 6.07) is 0. The van der Waals surface area contributed by atoms with Gasteiger partial charge in [0, 0.05) is 6.42 Å². The molecule has 0 aromatic carbocycles. The molecule has 0 bridgehead atoms. The Bertz CT molecular complexity index is 179. The predicted octanol–water partition coefficient (Wildman–Crippen LogP) is -2.73. The molecule has 6 heteroatoms. The lowest BCUT2D eigenvalue weighted by Gasteiger charge is -2.48. The minimum Gasteiger partial charge on any atom is -0.324 e. The maximum absolute atomic E-state index is 8.49. The number of quaternary nitrogens is 1. The molecule has 0 aromatic rings. The molecule has 0 amide bonds. The van der Waals surface area contributed by atoms with Gasteiger partial charge in [0.25, 0.3) is 0 Å².